The lowest BCUT2D eigenvalue weighted by Gasteiger charge is -2.04. The first kappa shape index (κ1) is 12.7. The van der Waals surface area contributed by atoms with Gasteiger partial charge in [0.25, 0.3) is 5.91 Å². The van der Waals surface area contributed by atoms with E-state index < -0.39 is 0 Å². The zero-order valence-electron chi connectivity index (χ0n) is 10.7. The summed E-state index contributed by atoms with van der Waals surface area (Å²) in [6.45, 7) is 1.88. The highest BCUT2D eigenvalue weighted by atomic mass is 35.5. The van der Waals surface area contributed by atoms with Gasteiger partial charge in [-0.25, -0.2) is 4.98 Å². The number of fused-ring (bicyclic) bond motifs is 1. The zero-order chi connectivity index (χ0) is 14.1. The summed E-state index contributed by atoms with van der Waals surface area (Å²) in [5.41, 5.74) is 2.66. The molecule has 1 amide bonds. The van der Waals surface area contributed by atoms with Gasteiger partial charge in [0.1, 0.15) is 5.52 Å². The molecule has 0 aliphatic rings. The molecule has 100 valence electrons. The molecule has 20 heavy (non-hydrogen) atoms. The van der Waals surface area contributed by atoms with Crippen molar-refractivity contribution in [3.63, 3.8) is 0 Å². The number of nitrogens with zero attached hydrogens (tertiary/aromatic N) is 1. The van der Waals surface area contributed by atoms with Crippen LogP contribution < -0.4 is 5.32 Å². The van der Waals surface area contributed by atoms with Crippen molar-refractivity contribution < 1.29 is 9.21 Å². The lowest BCUT2D eigenvalue weighted by Crippen LogP contribution is -2.10. The molecule has 3 aromatic rings. The van der Waals surface area contributed by atoms with Crippen LogP contribution >= 0.6 is 11.6 Å². The number of hydrogen-bond donors (Lipinski definition) is 1. The Morgan fingerprint density at radius 2 is 2.05 bits per heavy atom. The van der Waals surface area contributed by atoms with Crippen LogP contribution in [-0.2, 0) is 0 Å². The van der Waals surface area contributed by atoms with Crippen LogP contribution in [0.25, 0.3) is 11.1 Å². The number of benzene rings is 1. The second kappa shape index (κ2) is 4.98. The SMILES string of the molecule is Cc1ccc2oc(C(=O)Nc3ccccc3Cl)cc2n1. The second-order valence-corrected chi connectivity index (χ2v) is 4.79. The molecule has 0 radical (unpaired) electrons. The zero-order valence-corrected chi connectivity index (χ0v) is 11.4. The van der Waals surface area contributed by atoms with Gasteiger partial charge in [0.15, 0.2) is 11.3 Å². The summed E-state index contributed by atoms with van der Waals surface area (Å²) in [4.78, 5) is 16.4. The molecule has 0 spiro atoms. The maximum Gasteiger partial charge on any atom is 0.291 e. The summed E-state index contributed by atoms with van der Waals surface area (Å²) in [6, 6.07) is 12.3. The quantitative estimate of drug-likeness (QED) is 0.773. The van der Waals surface area contributed by atoms with E-state index in [1.165, 1.54) is 0 Å². The largest absolute Gasteiger partial charge is 0.449 e. The summed E-state index contributed by atoms with van der Waals surface area (Å²) in [5, 5.41) is 3.19. The number of amides is 1. The lowest BCUT2D eigenvalue weighted by molar-refractivity contribution is 0.0998. The van der Waals surface area contributed by atoms with Crippen LogP contribution in [0.15, 0.2) is 46.9 Å². The third kappa shape index (κ3) is 2.38. The van der Waals surface area contributed by atoms with Gasteiger partial charge in [-0.3, -0.25) is 4.79 Å². The Labute approximate surface area is 120 Å². The number of aryl methyl sites for hydroxylation is 1. The van der Waals surface area contributed by atoms with Gasteiger partial charge in [-0.2, -0.15) is 0 Å². The van der Waals surface area contributed by atoms with Crippen LogP contribution in [0.2, 0.25) is 5.02 Å². The third-order valence-corrected chi connectivity index (χ3v) is 3.19. The number of anilines is 1. The predicted octanol–water partition coefficient (Wildman–Crippen LogP) is 4.04. The highest BCUT2D eigenvalue weighted by Crippen LogP contribution is 2.23. The minimum absolute atomic E-state index is 0.206. The Morgan fingerprint density at radius 3 is 2.85 bits per heavy atom. The minimum Gasteiger partial charge on any atom is -0.449 e. The van der Waals surface area contributed by atoms with E-state index in [-0.39, 0.29) is 11.7 Å². The van der Waals surface area contributed by atoms with Crippen LogP contribution in [0.4, 0.5) is 5.69 Å². The van der Waals surface area contributed by atoms with Gasteiger partial charge in [-0.05, 0) is 31.2 Å². The molecule has 0 atom stereocenters. The molecule has 0 saturated carbocycles. The van der Waals surface area contributed by atoms with Crippen molar-refractivity contribution in [2.75, 3.05) is 5.32 Å². The second-order valence-electron chi connectivity index (χ2n) is 4.38. The van der Waals surface area contributed by atoms with E-state index in [1.807, 2.05) is 13.0 Å². The molecule has 2 aromatic heterocycles. The standard InChI is InChI=1S/C15H11ClN2O2/c1-9-6-7-13-12(17-9)8-14(20-13)15(19)18-11-5-3-2-4-10(11)16/h2-8H,1H3,(H,18,19). The fourth-order valence-corrected chi connectivity index (χ4v) is 2.07. The number of aromatic nitrogens is 1. The Hall–Kier alpha value is -2.33. The molecule has 0 fully saturated rings. The van der Waals surface area contributed by atoms with Crippen LogP contribution in [-0.4, -0.2) is 10.9 Å². The number of pyridine rings is 1. The number of nitrogens with one attached hydrogen (secondary N) is 1. The van der Waals surface area contributed by atoms with Crippen LogP contribution in [0, 0.1) is 6.92 Å². The fourth-order valence-electron chi connectivity index (χ4n) is 1.88. The first-order valence-corrected chi connectivity index (χ1v) is 6.44. The average Bonchev–Trinajstić information content (AvgIpc) is 2.84. The van der Waals surface area contributed by atoms with Gasteiger partial charge in [-0.1, -0.05) is 23.7 Å². The van der Waals surface area contributed by atoms with Crippen molar-refractivity contribution in [2.24, 2.45) is 0 Å². The number of halogens is 1. The highest BCUT2D eigenvalue weighted by Gasteiger charge is 2.14. The van der Waals surface area contributed by atoms with Gasteiger partial charge in [0, 0.05) is 11.8 Å². The lowest BCUT2D eigenvalue weighted by atomic mass is 10.3. The molecule has 0 aliphatic carbocycles. The smallest absolute Gasteiger partial charge is 0.291 e. The number of carbonyl (C=O) groups excluding carboxylic acids is 1. The van der Waals surface area contributed by atoms with Crippen molar-refractivity contribution in [3.05, 3.63) is 58.9 Å². The van der Waals surface area contributed by atoms with E-state index in [2.05, 4.69) is 10.3 Å². The van der Waals surface area contributed by atoms with Crippen molar-refractivity contribution in [1.82, 2.24) is 4.98 Å². The first-order valence-electron chi connectivity index (χ1n) is 6.06. The van der Waals surface area contributed by atoms with Crippen molar-refractivity contribution in [1.29, 1.82) is 0 Å². The molecule has 2 heterocycles. The summed E-state index contributed by atoms with van der Waals surface area (Å²) >= 11 is 6.00. The normalized spacial score (nSPS) is 10.7. The number of para-hydroxylation sites is 1. The summed E-state index contributed by atoms with van der Waals surface area (Å²) in [6.07, 6.45) is 0. The number of hydrogen-bond acceptors (Lipinski definition) is 3. The van der Waals surface area contributed by atoms with E-state index in [0.29, 0.717) is 21.8 Å². The van der Waals surface area contributed by atoms with Gasteiger partial charge in [0.2, 0.25) is 0 Å². The van der Waals surface area contributed by atoms with Crippen molar-refractivity contribution in [3.8, 4) is 0 Å². The topological polar surface area (TPSA) is 55.1 Å². The molecule has 0 saturated heterocycles. The fraction of sp³-hybridized carbons (Fsp3) is 0.0667. The van der Waals surface area contributed by atoms with E-state index >= 15 is 0 Å². The molecule has 0 aliphatic heterocycles. The molecular weight excluding hydrogens is 276 g/mol. The van der Waals surface area contributed by atoms with Gasteiger partial charge >= 0.3 is 0 Å². The predicted molar refractivity (Wildman–Crippen MR) is 78.2 cm³/mol. The Morgan fingerprint density at radius 1 is 1.25 bits per heavy atom. The first-order chi connectivity index (χ1) is 9.63. The van der Waals surface area contributed by atoms with Crippen molar-refractivity contribution in [2.45, 2.75) is 6.92 Å². The summed E-state index contributed by atoms with van der Waals surface area (Å²) < 4.78 is 5.48. The number of carbonyl (C=O) groups is 1. The van der Waals surface area contributed by atoms with Crippen LogP contribution in [0.5, 0.6) is 0 Å². The summed E-state index contributed by atoms with van der Waals surface area (Å²) in [5.74, 6) is -0.147. The maximum atomic E-state index is 12.1. The average molecular weight is 287 g/mol. The number of furan rings is 1. The molecule has 4 nitrogen and oxygen atoms in total. The molecule has 1 N–H and O–H groups in total. The van der Waals surface area contributed by atoms with E-state index in [1.54, 1.807) is 36.4 Å². The monoisotopic (exact) mass is 286 g/mol. The highest BCUT2D eigenvalue weighted by molar-refractivity contribution is 6.33. The number of rotatable bonds is 2. The van der Waals surface area contributed by atoms with Crippen molar-refractivity contribution >= 4 is 34.3 Å². The van der Waals surface area contributed by atoms with Gasteiger partial charge in [0.05, 0.1) is 10.7 Å². The molecule has 0 unspecified atom stereocenters. The van der Waals surface area contributed by atoms with E-state index in [9.17, 15) is 4.79 Å². The Balaban J connectivity index is 1.91. The Kier molecular flexibility index (Phi) is 3.16. The molecule has 3 rings (SSSR count). The molecule has 1 aromatic carbocycles. The molecular formula is C15H11ClN2O2. The van der Waals surface area contributed by atoms with E-state index in [4.69, 9.17) is 16.0 Å². The molecule has 0 bridgehead atoms. The molecule has 5 heteroatoms. The maximum absolute atomic E-state index is 12.1. The minimum atomic E-state index is -0.353. The van der Waals surface area contributed by atoms with Gasteiger partial charge in [-0.15, -0.1) is 0 Å². The van der Waals surface area contributed by atoms with Gasteiger partial charge < -0.3 is 9.73 Å². The third-order valence-electron chi connectivity index (χ3n) is 2.86. The summed E-state index contributed by atoms with van der Waals surface area (Å²) in [7, 11) is 0. The Bertz CT molecular complexity index is 795. The van der Waals surface area contributed by atoms with Crippen LogP contribution in [0.3, 0.4) is 0 Å². The van der Waals surface area contributed by atoms with E-state index in [0.717, 1.165) is 5.69 Å². The van der Waals surface area contributed by atoms with Crippen LogP contribution in [0.1, 0.15) is 16.2 Å².